The Morgan fingerprint density at radius 2 is 1.95 bits per heavy atom. The molecule has 20 heavy (non-hydrogen) atoms. The number of hydrogen-bond acceptors (Lipinski definition) is 2. The molecule has 1 aliphatic rings. The van der Waals surface area contributed by atoms with Gasteiger partial charge >= 0.3 is 0 Å². The summed E-state index contributed by atoms with van der Waals surface area (Å²) < 4.78 is 0. The summed E-state index contributed by atoms with van der Waals surface area (Å²) in [6.45, 7) is 4.18. The molecule has 110 valence electrons. The summed E-state index contributed by atoms with van der Waals surface area (Å²) in [5, 5.41) is 3.18. The van der Waals surface area contributed by atoms with E-state index >= 15 is 0 Å². The van der Waals surface area contributed by atoms with Crippen molar-refractivity contribution < 1.29 is 4.79 Å². The predicted molar refractivity (Wildman–Crippen MR) is 82.6 cm³/mol. The largest absolute Gasteiger partial charge is 0.353 e. The second-order valence-corrected chi connectivity index (χ2v) is 6.01. The van der Waals surface area contributed by atoms with Gasteiger partial charge in [0.1, 0.15) is 0 Å². The number of likely N-dealkylation sites (tertiary alicyclic amines) is 1. The van der Waals surface area contributed by atoms with E-state index in [4.69, 9.17) is 0 Å². The molecule has 1 saturated heterocycles. The Balaban J connectivity index is 1.71. The van der Waals surface area contributed by atoms with Gasteiger partial charge in [-0.05, 0) is 58.3 Å². The first-order valence-corrected chi connectivity index (χ1v) is 7.68. The Morgan fingerprint density at radius 1 is 1.30 bits per heavy atom. The van der Waals surface area contributed by atoms with Crippen molar-refractivity contribution in [2.45, 2.75) is 38.6 Å². The van der Waals surface area contributed by atoms with E-state index in [1.54, 1.807) is 0 Å². The first-order chi connectivity index (χ1) is 9.65. The van der Waals surface area contributed by atoms with Crippen LogP contribution < -0.4 is 5.32 Å². The van der Waals surface area contributed by atoms with E-state index in [1.165, 1.54) is 5.56 Å². The van der Waals surface area contributed by atoms with Crippen LogP contribution >= 0.6 is 0 Å². The van der Waals surface area contributed by atoms with Gasteiger partial charge in [-0.3, -0.25) is 4.79 Å². The van der Waals surface area contributed by atoms with Gasteiger partial charge in [-0.1, -0.05) is 30.3 Å². The lowest BCUT2D eigenvalue weighted by atomic mass is 9.95. The second kappa shape index (κ2) is 7.44. The fourth-order valence-corrected chi connectivity index (χ4v) is 2.73. The molecule has 0 radical (unpaired) electrons. The highest BCUT2D eigenvalue weighted by molar-refractivity contribution is 5.79. The summed E-state index contributed by atoms with van der Waals surface area (Å²) in [6.07, 6.45) is 4.01. The maximum Gasteiger partial charge on any atom is 0.223 e. The number of rotatable bonds is 5. The molecule has 0 saturated carbocycles. The van der Waals surface area contributed by atoms with Crippen LogP contribution in [0.4, 0.5) is 0 Å². The molecular weight excluding hydrogens is 248 g/mol. The van der Waals surface area contributed by atoms with Gasteiger partial charge in [-0.25, -0.2) is 0 Å². The summed E-state index contributed by atoms with van der Waals surface area (Å²) in [5.74, 6) is 0.462. The number of carbonyl (C=O) groups is 1. The van der Waals surface area contributed by atoms with Crippen LogP contribution in [0, 0.1) is 5.92 Å². The zero-order valence-corrected chi connectivity index (χ0v) is 12.6. The Labute approximate surface area is 122 Å². The highest BCUT2D eigenvalue weighted by Gasteiger charge is 2.23. The topological polar surface area (TPSA) is 32.3 Å². The monoisotopic (exact) mass is 274 g/mol. The molecule has 3 nitrogen and oxygen atoms in total. The van der Waals surface area contributed by atoms with E-state index in [0.29, 0.717) is 0 Å². The first-order valence-electron chi connectivity index (χ1n) is 7.68. The van der Waals surface area contributed by atoms with Crippen LogP contribution in [0.2, 0.25) is 0 Å². The molecule has 0 aromatic heterocycles. The molecule has 2 rings (SSSR count). The molecule has 1 aromatic rings. The number of piperidine rings is 1. The number of hydrogen-bond donors (Lipinski definition) is 1. The van der Waals surface area contributed by atoms with Crippen molar-refractivity contribution in [2.24, 2.45) is 5.92 Å². The number of aryl methyl sites for hydroxylation is 1. The van der Waals surface area contributed by atoms with Crippen LogP contribution in [0.1, 0.15) is 31.7 Å². The third-order valence-corrected chi connectivity index (χ3v) is 4.19. The standard InChI is InChI=1S/C17H26N2O/c1-14(8-9-15-6-4-3-5-7-15)18-17(20)16-10-12-19(2)13-11-16/h3-7,14,16H,8-13H2,1-2H3,(H,18,20). The third-order valence-electron chi connectivity index (χ3n) is 4.19. The summed E-state index contributed by atoms with van der Waals surface area (Å²) >= 11 is 0. The van der Waals surface area contributed by atoms with Gasteiger partial charge in [-0.15, -0.1) is 0 Å². The molecule has 1 unspecified atom stereocenters. The minimum atomic E-state index is 0.213. The van der Waals surface area contributed by atoms with Crippen molar-refractivity contribution in [2.75, 3.05) is 20.1 Å². The molecule has 3 heteroatoms. The molecule has 1 fully saturated rings. The molecule has 1 aliphatic heterocycles. The third kappa shape index (κ3) is 4.64. The summed E-state index contributed by atoms with van der Waals surface area (Å²) in [7, 11) is 2.12. The lowest BCUT2D eigenvalue weighted by Crippen LogP contribution is -2.42. The normalized spacial score (nSPS) is 18.7. The van der Waals surface area contributed by atoms with E-state index in [9.17, 15) is 4.79 Å². The zero-order valence-electron chi connectivity index (χ0n) is 12.6. The molecule has 1 atom stereocenters. The average Bonchev–Trinajstić information content (AvgIpc) is 2.47. The Hall–Kier alpha value is -1.35. The first kappa shape index (κ1) is 15.0. The van der Waals surface area contributed by atoms with E-state index in [1.807, 2.05) is 6.07 Å². The van der Waals surface area contributed by atoms with E-state index in [2.05, 4.69) is 48.5 Å². The van der Waals surface area contributed by atoms with Crippen molar-refractivity contribution in [1.82, 2.24) is 10.2 Å². The fourth-order valence-electron chi connectivity index (χ4n) is 2.73. The average molecular weight is 274 g/mol. The molecule has 1 aromatic carbocycles. The number of nitrogens with zero attached hydrogens (tertiary/aromatic N) is 1. The lowest BCUT2D eigenvalue weighted by Gasteiger charge is -2.29. The minimum absolute atomic E-state index is 0.213. The molecule has 1 amide bonds. The van der Waals surface area contributed by atoms with Gasteiger partial charge in [0.15, 0.2) is 0 Å². The molecule has 0 bridgehead atoms. The summed E-state index contributed by atoms with van der Waals surface area (Å²) in [6, 6.07) is 10.7. The van der Waals surface area contributed by atoms with Crippen LogP contribution in [0.3, 0.4) is 0 Å². The molecule has 0 spiro atoms. The lowest BCUT2D eigenvalue weighted by molar-refractivity contribution is -0.127. The van der Waals surface area contributed by atoms with Gasteiger partial charge < -0.3 is 10.2 Å². The number of amides is 1. The van der Waals surface area contributed by atoms with Crippen LogP contribution in [0.15, 0.2) is 30.3 Å². The van der Waals surface area contributed by atoms with Crippen molar-refractivity contribution in [3.8, 4) is 0 Å². The number of benzene rings is 1. The minimum Gasteiger partial charge on any atom is -0.353 e. The van der Waals surface area contributed by atoms with Crippen molar-refractivity contribution in [3.63, 3.8) is 0 Å². The van der Waals surface area contributed by atoms with Crippen molar-refractivity contribution in [1.29, 1.82) is 0 Å². The summed E-state index contributed by atoms with van der Waals surface area (Å²) in [4.78, 5) is 14.5. The van der Waals surface area contributed by atoms with Crippen molar-refractivity contribution >= 4 is 5.91 Å². The van der Waals surface area contributed by atoms with Gasteiger partial charge in [0.05, 0.1) is 0 Å². The maximum absolute atomic E-state index is 12.2. The van der Waals surface area contributed by atoms with Crippen LogP contribution in [0.5, 0.6) is 0 Å². The number of nitrogens with one attached hydrogen (secondary N) is 1. The zero-order chi connectivity index (χ0) is 14.4. The van der Waals surface area contributed by atoms with Crippen molar-refractivity contribution in [3.05, 3.63) is 35.9 Å². The van der Waals surface area contributed by atoms with Gasteiger partial charge in [-0.2, -0.15) is 0 Å². The summed E-state index contributed by atoms with van der Waals surface area (Å²) in [5.41, 5.74) is 1.34. The van der Waals surface area contributed by atoms with Crippen LogP contribution in [-0.2, 0) is 11.2 Å². The molecular formula is C17H26N2O. The van der Waals surface area contributed by atoms with E-state index in [-0.39, 0.29) is 17.9 Å². The SMILES string of the molecule is CC(CCc1ccccc1)NC(=O)C1CCN(C)CC1. The van der Waals surface area contributed by atoms with Gasteiger partial charge in [0.2, 0.25) is 5.91 Å². The smallest absolute Gasteiger partial charge is 0.223 e. The number of carbonyl (C=O) groups excluding carboxylic acids is 1. The second-order valence-electron chi connectivity index (χ2n) is 6.01. The van der Waals surface area contributed by atoms with E-state index in [0.717, 1.165) is 38.8 Å². The Kier molecular flexibility index (Phi) is 5.60. The van der Waals surface area contributed by atoms with Crippen LogP contribution in [0.25, 0.3) is 0 Å². The predicted octanol–water partition coefficient (Wildman–Crippen LogP) is 2.47. The van der Waals surface area contributed by atoms with Crippen LogP contribution in [-0.4, -0.2) is 37.0 Å². The molecule has 1 N–H and O–H groups in total. The fraction of sp³-hybridized carbons (Fsp3) is 0.588. The van der Waals surface area contributed by atoms with Gasteiger partial charge in [0, 0.05) is 12.0 Å². The Bertz CT molecular complexity index is 410. The molecule has 1 heterocycles. The Morgan fingerprint density at radius 3 is 2.60 bits per heavy atom. The molecule has 0 aliphatic carbocycles. The maximum atomic E-state index is 12.2. The highest BCUT2D eigenvalue weighted by atomic mass is 16.1. The highest BCUT2D eigenvalue weighted by Crippen LogP contribution is 2.16. The quantitative estimate of drug-likeness (QED) is 0.894. The van der Waals surface area contributed by atoms with Gasteiger partial charge in [0.25, 0.3) is 0 Å². The van der Waals surface area contributed by atoms with E-state index < -0.39 is 0 Å².